The van der Waals surface area contributed by atoms with Crippen LogP contribution in [0, 0.1) is 0 Å². The predicted molar refractivity (Wildman–Crippen MR) is 52.1 cm³/mol. The molecular weight excluding hydrogens is 197 g/mol. The second-order valence-electron chi connectivity index (χ2n) is 2.46. The van der Waals surface area contributed by atoms with Crippen LogP contribution >= 0.6 is 24.8 Å². The molecule has 1 N–H and O–H groups in total. The first kappa shape index (κ1) is 11.6. The van der Waals surface area contributed by atoms with Crippen LogP contribution in [0.5, 0.6) is 0 Å². The van der Waals surface area contributed by atoms with Crippen molar-refractivity contribution in [3.05, 3.63) is 24.3 Å². The molecule has 1 aliphatic rings. The van der Waals surface area contributed by atoms with E-state index >= 15 is 0 Å². The number of hydrogen-bond donors (Lipinski definition) is 1. The van der Waals surface area contributed by atoms with Gasteiger partial charge in [-0.3, -0.25) is 0 Å². The standard InChI is InChI=1S/C7H9N3.2ClH/c1-2-9-7(10-3-1)6-4-8-5-6;;/h1-3,6,8H,4-5H2;2*1H. The number of hydrogen-bond acceptors (Lipinski definition) is 3. The molecule has 0 amide bonds. The molecule has 5 heteroatoms. The average molecular weight is 208 g/mol. The Hall–Kier alpha value is -0.380. The Morgan fingerprint density at radius 2 is 1.75 bits per heavy atom. The molecule has 0 bridgehead atoms. The maximum Gasteiger partial charge on any atom is 0.133 e. The van der Waals surface area contributed by atoms with Gasteiger partial charge in [-0.05, 0) is 6.07 Å². The molecule has 1 saturated heterocycles. The van der Waals surface area contributed by atoms with E-state index < -0.39 is 0 Å². The molecule has 0 spiro atoms. The third kappa shape index (κ3) is 2.30. The fraction of sp³-hybridized carbons (Fsp3) is 0.429. The van der Waals surface area contributed by atoms with Crippen LogP contribution < -0.4 is 5.32 Å². The summed E-state index contributed by atoms with van der Waals surface area (Å²) >= 11 is 0. The minimum absolute atomic E-state index is 0. The maximum atomic E-state index is 4.15. The quantitative estimate of drug-likeness (QED) is 0.748. The van der Waals surface area contributed by atoms with Gasteiger partial charge < -0.3 is 5.32 Å². The molecule has 2 heterocycles. The number of nitrogens with one attached hydrogen (secondary N) is 1. The largest absolute Gasteiger partial charge is 0.315 e. The minimum atomic E-state index is 0. The Kier molecular flexibility index (Phi) is 5.13. The summed E-state index contributed by atoms with van der Waals surface area (Å²) in [7, 11) is 0. The van der Waals surface area contributed by atoms with Crippen molar-refractivity contribution in [2.24, 2.45) is 0 Å². The highest BCUT2D eigenvalue weighted by Crippen LogP contribution is 2.13. The van der Waals surface area contributed by atoms with E-state index in [9.17, 15) is 0 Å². The van der Waals surface area contributed by atoms with Crippen molar-refractivity contribution in [3.8, 4) is 0 Å². The van der Waals surface area contributed by atoms with E-state index in [2.05, 4.69) is 15.3 Å². The lowest BCUT2D eigenvalue weighted by Crippen LogP contribution is -2.40. The van der Waals surface area contributed by atoms with Gasteiger partial charge in [-0.15, -0.1) is 24.8 Å². The van der Waals surface area contributed by atoms with Crippen LogP contribution in [0.1, 0.15) is 11.7 Å². The van der Waals surface area contributed by atoms with Gasteiger partial charge >= 0.3 is 0 Å². The van der Waals surface area contributed by atoms with Crippen LogP contribution in [0.3, 0.4) is 0 Å². The number of nitrogens with zero attached hydrogens (tertiary/aromatic N) is 2. The van der Waals surface area contributed by atoms with E-state index in [-0.39, 0.29) is 24.8 Å². The van der Waals surface area contributed by atoms with Crippen molar-refractivity contribution < 1.29 is 0 Å². The van der Waals surface area contributed by atoms with Gasteiger partial charge in [-0.2, -0.15) is 0 Å². The summed E-state index contributed by atoms with van der Waals surface area (Å²) in [5, 5.41) is 3.18. The Labute approximate surface area is 83.8 Å². The lowest BCUT2D eigenvalue weighted by Gasteiger charge is -2.24. The van der Waals surface area contributed by atoms with Crippen LogP contribution in [-0.2, 0) is 0 Å². The molecule has 0 aromatic carbocycles. The highest BCUT2D eigenvalue weighted by atomic mass is 35.5. The number of aromatic nitrogens is 2. The third-order valence-corrected chi connectivity index (χ3v) is 1.73. The summed E-state index contributed by atoms with van der Waals surface area (Å²) in [6.45, 7) is 2.06. The second kappa shape index (κ2) is 5.30. The van der Waals surface area contributed by atoms with Crippen molar-refractivity contribution in [2.75, 3.05) is 13.1 Å². The molecule has 3 nitrogen and oxygen atoms in total. The van der Waals surface area contributed by atoms with Crippen molar-refractivity contribution in [2.45, 2.75) is 5.92 Å². The molecular formula is C7H11Cl2N3. The Morgan fingerprint density at radius 3 is 2.17 bits per heavy atom. The van der Waals surface area contributed by atoms with E-state index in [4.69, 9.17) is 0 Å². The van der Waals surface area contributed by atoms with Gasteiger partial charge in [0.05, 0.1) is 0 Å². The third-order valence-electron chi connectivity index (χ3n) is 1.73. The van der Waals surface area contributed by atoms with Crippen LogP contribution in [0.2, 0.25) is 0 Å². The van der Waals surface area contributed by atoms with Crippen molar-refractivity contribution in [1.29, 1.82) is 0 Å². The van der Waals surface area contributed by atoms with Crippen molar-refractivity contribution >= 4 is 24.8 Å². The molecule has 68 valence electrons. The predicted octanol–water partition coefficient (Wildman–Crippen LogP) is 1.01. The van der Waals surface area contributed by atoms with Crippen molar-refractivity contribution in [3.63, 3.8) is 0 Å². The van der Waals surface area contributed by atoms with E-state index in [1.165, 1.54) is 0 Å². The van der Waals surface area contributed by atoms with E-state index in [0.29, 0.717) is 5.92 Å². The molecule has 1 aromatic rings. The molecule has 0 saturated carbocycles. The van der Waals surface area contributed by atoms with E-state index in [0.717, 1.165) is 18.9 Å². The monoisotopic (exact) mass is 207 g/mol. The Bertz CT molecular complexity index is 213. The lowest BCUT2D eigenvalue weighted by molar-refractivity contribution is 0.430. The topological polar surface area (TPSA) is 37.8 Å². The van der Waals surface area contributed by atoms with Gasteiger partial charge in [0.1, 0.15) is 5.82 Å². The van der Waals surface area contributed by atoms with E-state index in [1.807, 2.05) is 6.07 Å². The highest BCUT2D eigenvalue weighted by Gasteiger charge is 2.20. The minimum Gasteiger partial charge on any atom is -0.315 e. The molecule has 0 aliphatic carbocycles. The first-order valence-corrected chi connectivity index (χ1v) is 3.44. The van der Waals surface area contributed by atoms with E-state index in [1.54, 1.807) is 12.4 Å². The lowest BCUT2D eigenvalue weighted by atomic mass is 10.0. The van der Waals surface area contributed by atoms with Crippen LogP contribution in [0.15, 0.2) is 18.5 Å². The van der Waals surface area contributed by atoms with Gasteiger partial charge in [-0.1, -0.05) is 0 Å². The summed E-state index contributed by atoms with van der Waals surface area (Å²) in [4.78, 5) is 8.30. The molecule has 2 rings (SSSR count). The van der Waals surface area contributed by atoms with Gasteiger partial charge in [0.25, 0.3) is 0 Å². The van der Waals surface area contributed by atoms with Gasteiger partial charge in [-0.25, -0.2) is 9.97 Å². The molecule has 0 radical (unpaired) electrons. The van der Waals surface area contributed by atoms with Crippen LogP contribution in [-0.4, -0.2) is 23.1 Å². The molecule has 1 fully saturated rings. The van der Waals surface area contributed by atoms with Crippen LogP contribution in [0.4, 0.5) is 0 Å². The first-order chi connectivity index (χ1) is 4.97. The number of halogens is 2. The summed E-state index contributed by atoms with van der Waals surface area (Å²) < 4.78 is 0. The first-order valence-electron chi connectivity index (χ1n) is 3.44. The van der Waals surface area contributed by atoms with Gasteiger partial charge in [0.2, 0.25) is 0 Å². The molecule has 0 atom stereocenters. The summed E-state index contributed by atoms with van der Waals surface area (Å²) in [5.74, 6) is 1.53. The summed E-state index contributed by atoms with van der Waals surface area (Å²) in [5.41, 5.74) is 0. The maximum absolute atomic E-state index is 4.15. The normalized spacial score (nSPS) is 15.3. The summed E-state index contributed by atoms with van der Waals surface area (Å²) in [6, 6.07) is 1.84. The highest BCUT2D eigenvalue weighted by molar-refractivity contribution is 5.85. The zero-order valence-electron chi connectivity index (χ0n) is 6.43. The smallest absolute Gasteiger partial charge is 0.133 e. The molecule has 12 heavy (non-hydrogen) atoms. The average Bonchev–Trinajstić information content (AvgIpc) is 1.86. The Morgan fingerprint density at radius 1 is 1.17 bits per heavy atom. The van der Waals surface area contributed by atoms with Gasteiger partial charge in [0.15, 0.2) is 0 Å². The second-order valence-corrected chi connectivity index (χ2v) is 2.46. The zero-order valence-corrected chi connectivity index (χ0v) is 8.07. The molecule has 1 aromatic heterocycles. The summed E-state index contributed by atoms with van der Waals surface area (Å²) in [6.07, 6.45) is 3.58. The fourth-order valence-electron chi connectivity index (χ4n) is 0.993. The zero-order chi connectivity index (χ0) is 6.81. The van der Waals surface area contributed by atoms with Crippen LogP contribution in [0.25, 0.3) is 0 Å². The fourth-order valence-corrected chi connectivity index (χ4v) is 0.993. The Balaban J connectivity index is 0.000000605. The SMILES string of the molecule is Cl.Cl.c1cnc(C2CNC2)nc1. The van der Waals surface area contributed by atoms with Crippen molar-refractivity contribution in [1.82, 2.24) is 15.3 Å². The molecule has 1 aliphatic heterocycles. The molecule has 0 unspecified atom stereocenters. The number of rotatable bonds is 1. The van der Waals surface area contributed by atoms with Gasteiger partial charge in [0, 0.05) is 31.4 Å².